The molecule has 8 atom stereocenters. The van der Waals surface area contributed by atoms with E-state index in [-0.39, 0.29) is 6.10 Å². The zero-order valence-corrected chi connectivity index (χ0v) is 20.1. The molecule has 164 valence electrons. The molecular weight excluding hydrogens is 352 g/mol. The molecule has 1 heteroatoms. The van der Waals surface area contributed by atoms with Gasteiger partial charge in [-0.15, -0.1) is 0 Å². The smallest absolute Gasteiger partial charge is 0.0569 e. The Kier molecular flexibility index (Phi) is 5.86. The van der Waals surface area contributed by atoms with Gasteiger partial charge in [0.15, 0.2) is 0 Å². The molecular formula is C28H46O. The van der Waals surface area contributed by atoms with Crippen LogP contribution in [0.1, 0.15) is 106 Å². The van der Waals surface area contributed by atoms with E-state index in [2.05, 4.69) is 47.6 Å². The van der Waals surface area contributed by atoms with E-state index in [0.717, 1.165) is 24.2 Å². The predicted octanol–water partition coefficient (Wildman–Crippen LogP) is 7.70. The van der Waals surface area contributed by atoms with Gasteiger partial charge in [0.2, 0.25) is 0 Å². The van der Waals surface area contributed by atoms with Crippen LogP contribution in [0.5, 0.6) is 0 Å². The van der Waals surface area contributed by atoms with Gasteiger partial charge in [-0.3, -0.25) is 0 Å². The topological polar surface area (TPSA) is 20.2 Å². The minimum Gasteiger partial charge on any atom is -0.393 e. The molecule has 0 radical (unpaired) electrons. The zero-order chi connectivity index (χ0) is 21.0. The summed E-state index contributed by atoms with van der Waals surface area (Å²) in [6.45, 7) is 14.6. The molecule has 0 heterocycles. The molecule has 4 rings (SSSR count). The fourth-order valence-corrected chi connectivity index (χ4v) is 8.72. The van der Waals surface area contributed by atoms with Crippen molar-refractivity contribution in [1.29, 1.82) is 0 Å². The summed E-state index contributed by atoms with van der Waals surface area (Å²) >= 11 is 0. The fraction of sp³-hybridized carbons (Fsp3) is 0.857. The van der Waals surface area contributed by atoms with Crippen molar-refractivity contribution < 1.29 is 5.11 Å². The molecule has 2 fully saturated rings. The Morgan fingerprint density at radius 1 is 1.10 bits per heavy atom. The Labute approximate surface area is 180 Å². The summed E-state index contributed by atoms with van der Waals surface area (Å²) in [6, 6.07) is 0. The van der Waals surface area contributed by atoms with Gasteiger partial charge >= 0.3 is 0 Å². The lowest BCUT2D eigenvalue weighted by Crippen LogP contribution is -2.49. The highest BCUT2D eigenvalue weighted by molar-refractivity contribution is 5.34. The SMILES string of the molecule is CC(C)=CCCC(C)C1CCC2C3=C(CCC21C)C1(C)CCC(O)[C@@H](C)[C@@H]1CC3. The maximum Gasteiger partial charge on any atom is 0.0569 e. The molecule has 0 amide bonds. The Morgan fingerprint density at radius 3 is 2.59 bits per heavy atom. The number of fused-ring (bicyclic) bond motifs is 4. The molecule has 0 aromatic rings. The first-order chi connectivity index (χ1) is 13.7. The molecule has 29 heavy (non-hydrogen) atoms. The molecule has 0 bridgehead atoms. The van der Waals surface area contributed by atoms with Crippen molar-refractivity contribution in [1.82, 2.24) is 0 Å². The van der Waals surface area contributed by atoms with Crippen LogP contribution in [0.25, 0.3) is 0 Å². The Hall–Kier alpha value is -0.560. The maximum atomic E-state index is 10.5. The van der Waals surface area contributed by atoms with Crippen LogP contribution < -0.4 is 0 Å². The highest BCUT2D eigenvalue weighted by Gasteiger charge is 2.56. The van der Waals surface area contributed by atoms with Crippen molar-refractivity contribution in [3.05, 3.63) is 22.8 Å². The minimum absolute atomic E-state index is 0.0680. The molecule has 0 spiro atoms. The highest BCUT2D eigenvalue weighted by Crippen LogP contribution is 2.66. The van der Waals surface area contributed by atoms with Gasteiger partial charge in [0.05, 0.1) is 6.10 Å². The second-order valence-electron chi connectivity index (χ2n) is 12.1. The molecule has 4 aliphatic carbocycles. The summed E-state index contributed by atoms with van der Waals surface area (Å²) < 4.78 is 0. The third-order valence-corrected chi connectivity index (χ3v) is 10.4. The molecule has 1 nitrogen and oxygen atoms in total. The molecule has 0 saturated heterocycles. The van der Waals surface area contributed by atoms with Gasteiger partial charge < -0.3 is 5.11 Å². The first-order valence-electron chi connectivity index (χ1n) is 12.7. The number of aliphatic hydroxyl groups excluding tert-OH is 1. The first-order valence-corrected chi connectivity index (χ1v) is 12.7. The molecule has 0 aromatic heterocycles. The standard InChI is InChI=1S/C28H46O/c1-18(2)8-7-9-19(3)22-12-13-24-21-10-11-23-20(4)26(29)15-17-28(23,6)25(21)14-16-27(22,24)5/h8,19-20,22-24,26,29H,7,9-17H2,1-6H3/t19?,20-,22?,23-,24?,26?,27?,28?/m0/s1. The van der Waals surface area contributed by atoms with Gasteiger partial charge in [0, 0.05) is 0 Å². The van der Waals surface area contributed by atoms with Crippen LogP contribution in [0.4, 0.5) is 0 Å². The molecule has 1 N–H and O–H groups in total. The van der Waals surface area contributed by atoms with Crippen LogP contribution in [0, 0.1) is 40.4 Å². The van der Waals surface area contributed by atoms with E-state index in [4.69, 9.17) is 0 Å². The summed E-state index contributed by atoms with van der Waals surface area (Å²) in [5.74, 6) is 3.78. The van der Waals surface area contributed by atoms with Gasteiger partial charge in [-0.25, -0.2) is 0 Å². The first kappa shape index (κ1) is 21.7. The van der Waals surface area contributed by atoms with E-state index in [1.807, 2.05) is 11.1 Å². The predicted molar refractivity (Wildman–Crippen MR) is 124 cm³/mol. The zero-order valence-electron chi connectivity index (χ0n) is 20.1. The summed E-state index contributed by atoms with van der Waals surface area (Å²) in [5.41, 5.74) is 6.15. The summed E-state index contributed by atoms with van der Waals surface area (Å²) in [6.07, 6.45) is 15.5. The van der Waals surface area contributed by atoms with Crippen LogP contribution in [0.3, 0.4) is 0 Å². The van der Waals surface area contributed by atoms with E-state index in [1.165, 1.54) is 63.4 Å². The van der Waals surface area contributed by atoms with Crippen LogP contribution in [0.15, 0.2) is 22.8 Å². The van der Waals surface area contributed by atoms with E-state index in [0.29, 0.717) is 22.7 Å². The number of allylic oxidation sites excluding steroid dienone is 4. The summed E-state index contributed by atoms with van der Waals surface area (Å²) in [7, 11) is 0. The van der Waals surface area contributed by atoms with Crippen LogP contribution >= 0.6 is 0 Å². The Balaban J connectivity index is 1.57. The largest absolute Gasteiger partial charge is 0.393 e. The third-order valence-electron chi connectivity index (χ3n) is 10.4. The van der Waals surface area contributed by atoms with Gasteiger partial charge in [0.1, 0.15) is 0 Å². The van der Waals surface area contributed by atoms with Gasteiger partial charge in [-0.1, -0.05) is 50.5 Å². The second kappa shape index (κ2) is 7.85. The summed E-state index contributed by atoms with van der Waals surface area (Å²) in [4.78, 5) is 0. The van der Waals surface area contributed by atoms with Crippen molar-refractivity contribution >= 4 is 0 Å². The lowest BCUT2D eigenvalue weighted by molar-refractivity contribution is -0.0336. The second-order valence-corrected chi connectivity index (χ2v) is 12.1. The van der Waals surface area contributed by atoms with Crippen LogP contribution in [-0.2, 0) is 0 Å². The average molecular weight is 399 g/mol. The van der Waals surface area contributed by atoms with Gasteiger partial charge in [0.25, 0.3) is 0 Å². The number of rotatable bonds is 4. The lowest BCUT2D eigenvalue weighted by Gasteiger charge is -2.56. The van der Waals surface area contributed by atoms with Crippen molar-refractivity contribution in [3.63, 3.8) is 0 Å². The van der Waals surface area contributed by atoms with Crippen molar-refractivity contribution in [2.45, 2.75) is 112 Å². The lowest BCUT2D eigenvalue weighted by atomic mass is 9.49. The fourth-order valence-electron chi connectivity index (χ4n) is 8.72. The van der Waals surface area contributed by atoms with E-state index >= 15 is 0 Å². The van der Waals surface area contributed by atoms with E-state index in [9.17, 15) is 5.11 Å². The number of aliphatic hydroxyl groups is 1. The van der Waals surface area contributed by atoms with Crippen molar-refractivity contribution in [2.24, 2.45) is 40.4 Å². The quantitative estimate of drug-likeness (QED) is 0.481. The Morgan fingerprint density at radius 2 is 1.86 bits per heavy atom. The molecule has 6 unspecified atom stereocenters. The summed E-state index contributed by atoms with van der Waals surface area (Å²) in [5, 5.41) is 10.5. The normalized spacial score (nSPS) is 45.3. The molecule has 0 aliphatic heterocycles. The van der Waals surface area contributed by atoms with E-state index < -0.39 is 0 Å². The average Bonchev–Trinajstić information content (AvgIpc) is 3.02. The van der Waals surface area contributed by atoms with Crippen LogP contribution in [-0.4, -0.2) is 11.2 Å². The van der Waals surface area contributed by atoms with Crippen LogP contribution in [0.2, 0.25) is 0 Å². The van der Waals surface area contributed by atoms with Gasteiger partial charge in [-0.05, 0) is 118 Å². The monoisotopic (exact) mass is 398 g/mol. The van der Waals surface area contributed by atoms with Crippen molar-refractivity contribution in [3.8, 4) is 0 Å². The molecule has 0 aromatic carbocycles. The van der Waals surface area contributed by atoms with E-state index in [1.54, 1.807) is 0 Å². The molecule has 4 aliphatic rings. The highest BCUT2D eigenvalue weighted by atomic mass is 16.3. The molecule has 2 saturated carbocycles. The van der Waals surface area contributed by atoms with Crippen molar-refractivity contribution in [2.75, 3.05) is 0 Å². The number of hydrogen-bond donors (Lipinski definition) is 1. The number of hydrogen-bond acceptors (Lipinski definition) is 1. The maximum absolute atomic E-state index is 10.5. The third kappa shape index (κ3) is 3.48. The van der Waals surface area contributed by atoms with Gasteiger partial charge in [-0.2, -0.15) is 0 Å². The Bertz CT molecular complexity index is 682. The minimum atomic E-state index is -0.0680.